The molecule has 0 aliphatic rings. The van der Waals surface area contributed by atoms with Crippen molar-refractivity contribution in [1.29, 1.82) is 0 Å². The number of aromatic nitrogens is 4. The van der Waals surface area contributed by atoms with E-state index in [9.17, 15) is 4.21 Å². The predicted octanol–water partition coefficient (Wildman–Crippen LogP) is 2.13. The highest BCUT2D eigenvalue weighted by atomic mass is 32.2. The molecule has 0 saturated heterocycles. The molecule has 7 heteroatoms. The number of hydrogen-bond donors (Lipinski definition) is 1. The van der Waals surface area contributed by atoms with Crippen LogP contribution in [0.15, 0.2) is 59.5 Å². The Morgan fingerprint density at radius 1 is 1.13 bits per heavy atom. The SMILES string of the molecule is Cn1nnnc1CNc1cccc(CS(=O)c2ccccc2)c1. The second-order valence-electron chi connectivity index (χ2n) is 5.08. The lowest BCUT2D eigenvalue weighted by Gasteiger charge is -2.08. The van der Waals surface area contributed by atoms with Crippen LogP contribution in [0.3, 0.4) is 0 Å². The summed E-state index contributed by atoms with van der Waals surface area (Å²) < 4.78 is 14.0. The van der Waals surface area contributed by atoms with Gasteiger partial charge in [-0.2, -0.15) is 0 Å². The number of hydrogen-bond acceptors (Lipinski definition) is 5. The first kappa shape index (κ1) is 15.4. The number of rotatable bonds is 6. The van der Waals surface area contributed by atoms with Crippen LogP contribution in [-0.4, -0.2) is 24.4 Å². The van der Waals surface area contributed by atoms with Crippen LogP contribution in [0.25, 0.3) is 0 Å². The van der Waals surface area contributed by atoms with E-state index in [1.54, 1.807) is 11.7 Å². The monoisotopic (exact) mass is 327 g/mol. The Morgan fingerprint density at radius 3 is 2.70 bits per heavy atom. The van der Waals surface area contributed by atoms with E-state index in [2.05, 4.69) is 20.8 Å². The molecule has 0 amide bonds. The van der Waals surface area contributed by atoms with Gasteiger partial charge in [0.2, 0.25) is 0 Å². The summed E-state index contributed by atoms with van der Waals surface area (Å²) in [6.45, 7) is 0.536. The molecule has 118 valence electrons. The number of tetrazole rings is 1. The van der Waals surface area contributed by atoms with Crippen molar-refractivity contribution in [3.63, 3.8) is 0 Å². The summed E-state index contributed by atoms with van der Waals surface area (Å²) in [5.74, 6) is 1.24. The number of benzene rings is 2. The van der Waals surface area contributed by atoms with E-state index in [0.717, 1.165) is 22.0 Å². The number of nitrogens with one attached hydrogen (secondary N) is 1. The molecule has 1 heterocycles. The van der Waals surface area contributed by atoms with Gasteiger partial charge >= 0.3 is 0 Å². The first-order valence-electron chi connectivity index (χ1n) is 7.20. The quantitative estimate of drug-likeness (QED) is 0.751. The molecule has 3 aromatic rings. The van der Waals surface area contributed by atoms with Gasteiger partial charge in [0.15, 0.2) is 5.82 Å². The maximum Gasteiger partial charge on any atom is 0.170 e. The van der Waals surface area contributed by atoms with Crippen molar-refractivity contribution in [1.82, 2.24) is 20.2 Å². The highest BCUT2D eigenvalue weighted by Gasteiger charge is 2.06. The normalized spacial score (nSPS) is 12.0. The van der Waals surface area contributed by atoms with Crippen LogP contribution >= 0.6 is 0 Å². The molecular formula is C16H17N5OS. The van der Waals surface area contributed by atoms with Crippen molar-refractivity contribution >= 4 is 16.5 Å². The minimum absolute atomic E-state index is 0.491. The van der Waals surface area contributed by atoms with Gasteiger partial charge in [0, 0.05) is 17.6 Å². The summed E-state index contributed by atoms with van der Waals surface area (Å²) in [5.41, 5.74) is 1.98. The van der Waals surface area contributed by atoms with E-state index in [1.807, 2.05) is 54.6 Å². The molecule has 0 bridgehead atoms. The number of nitrogens with zero attached hydrogens (tertiary/aromatic N) is 4. The van der Waals surface area contributed by atoms with E-state index in [1.165, 1.54) is 0 Å². The van der Waals surface area contributed by atoms with Gasteiger partial charge in [-0.25, -0.2) is 4.68 Å². The van der Waals surface area contributed by atoms with Crippen LogP contribution in [0, 0.1) is 0 Å². The van der Waals surface area contributed by atoms with Gasteiger partial charge < -0.3 is 5.32 Å². The van der Waals surface area contributed by atoms with Crippen LogP contribution in [0.4, 0.5) is 5.69 Å². The Kier molecular flexibility index (Phi) is 4.77. The summed E-state index contributed by atoms with van der Waals surface area (Å²) in [4.78, 5) is 0.844. The van der Waals surface area contributed by atoms with E-state index in [-0.39, 0.29) is 0 Å². The maximum atomic E-state index is 12.4. The third kappa shape index (κ3) is 4.01. The Morgan fingerprint density at radius 2 is 1.96 bits per heavy atom. The maximum absolute atomic E-state index is 12.4. The van der Waals surface area contributed by atoms with Gasteiger partial charge in [-0.1, -0.05) is 30.3 Å². The topological polar surface area (TPSA) is 72.7 Å². The van der Waals surface area contributed by atoms with E-state index < -0.39 is 10.8 Å². The van der Waals surface area contributed by atoms with Crippen LogP contribution in [-0.2, 0) is 30.1 Å². The molecule has 2 aromatic carbocycles. The highest BCUT2D eigenvalue weighted by molar-refractivity contribution is 7.84. The fraction of sp³-hybridized carbons (Fsp3) is 0.188. The average molecular weight is 327 g/mol. The van der Waals surface area contributed by atoms with Crippen molar-refractivity contribution in [2.75, 3.05) is 5.32 Å². The molecular weight excluding hydrogens is 310 g/mol. The summed E-state index contributed by atoms with van der Waals surface area (Å²) in [6.07, 6.45) is 0. The molecule has 0 saturated carbocycles. The van der Waals surface area contributed by atoms with Gasteiger partial charge in [0.25, 0.3) is 0 Å². The Labute approximate surface area is 137 Å². The lowest BCUT2D eigenvalue weighted by Crippen LogP contribution is -2.07. The molecule has 0 radical (unpaired) electrons. The Bertz CT molecular complexity index is 803. The van der Waals surface area contributed by atoms with Crippen LogP contribution in [0.2, 0.25) is 0 Å². The van der Waals surface area contributed by atoms with E-state index in [0.29, 0.717) is 12.3 Å². The van der Waals surface area contributed by atoms with Gasteiger partial charge in [-0.15, -0.1) is 5.10 Å². The molecule has 1 N–H and O–H groups in total. The van der Waals surface area contributed by atoms with Gasteiger partial charge in [-0.3, -0.25) is 4.21 Å². The molecule has 1 unspecified atom stereocenters. The largest absolute Gasteiger partial charge is 0.378 e. The average Bonchev–Trinajstić information content (AvgIpc) is 2.99. The Hall–Kier alpha value is -2.54. The molecule has 0 aliphatic heterocycles. The first-order chi connectivity index (χ1) is 11.2. The van der Waals surface area contributed by atoms with Crippen molar-refractivity contribution < 1.29 is 4.21 Å². The van der Waals surface area contributed by atoms with Gasteiger partial charge in [0.05, 0.1) is 23.1 Å². The molecule has 3 rings (SSSR count). The zero-order valence-corrected chi connectivity index (χ0v) is 13.5. The minimum Gasteiger partial charge on any atom is -0.378 e. The number of aryl methyl sites for hydroxylation is 1. The summed E-state index contributed by atoms with van der Waals surface area (Å²) in [5, 5.41) is 14.6. The van der Waals surface area contributed by atoms with E-state index in [4.69, 9.17) is 0 Å². The third-order valence-corrected chi connectivity index (χ3v) is 4.78. The minimum atomic E-state index is -1.04. The second-order valence-corrected chi connectivity index (χ2v) is 6.53. The van der Waals surface area contributed by atoms with Gasteiger partial charge in [0.1, 0.15) is 0 Å². The zero-order chi connectivity index (χ0) is 16.1. The Balaban J connectivity index is 1.65. The zero-order valence-electron chi connectivity index (χ0n) is 12.7. The van der Waals surface area contributed by atoms with Crippen LogP contribution < -0.4 is 5.32 Å². The first-order valence-corrected chi connectivity index (χ1v) is 8.52. The predicted molar refractivity (Wildman–Crippen MR) is 89.1 cm³/mol. The molecule has 0 aliphatic carbocycles. The fourth-order valence-corrected chi connectivity index (χ4v) is 3.27. The van der Waals surface area contributed by atoms with Crippen LogP contribution in [0.1, 0.15) is 11.4 Å². The smallest absolute Gasteiger partial charge is 0.170 e. The summed E-state index contributed by atoms with van der Waals surface area (Å²) in [6, 6.07) is 17.4. The third-order valence-electron chi connectivity index (χ3n) is 3.39. The molecule has 1 aromatic heterocycles. The second kappa shape index (κ2) is 7.15. The highest BCUT2D eigenvalue weighted by Crippen LogP contribution is 2.16. The van der Waals surface area contributed by atoms with E-state index >= 15 is 0 Å². The lowest BCUT2D eigenvalue weighted by atomic mass is 10.2. The fourth-order valence-electron chi connectivity index (χ4n) is 2.16. The summed E-state index contributed by atoms with van der Waals surface area (Å²) >= 11 is 0. The molecule has 0 fully saturated rings. The van der Waals surface area contributed by atoms with Crippen molar-refractivity contribution in [2.24, 2.45) is 7.05 Å². The van der Waals surface area contributed by atoms with Gasteiger partial charge in [-0.05, 0) is 40.3 Å². The standard InChI is InChI=1S/C16H17N5OS/c1-21-16(18-19-20-21)11-17-14-7-5-6-13(10-14)12-23(22)15-8-3-2-4-9-15/h2-10,17H,11-12H2,1H3. The van der Waals surface area contributed by atoms with Crippen molar-refractivity contribution in [2.45, 2.75) is 17.2 Å². The molecule has 0 spiro atoms. The summed E-state index contributed by atoms with van der Waals surface area (Å²) in [7, 11) is 0.758. The molecule has 1 atom stereocenters. The number of anilines is 1. The van der Waals surface area contributed by atoms with Crippen LogP contribution in [0.5, 0.6) is 0 Å². The van der Waals surface area contributed by atoms with Crippen molar-refractivity contribution in [3.05, 3.63) is 66.0 Å². The molecule has 6 nitrogen and oxygen atoms in total. The lowest BCUT2D eigenvalue weighted by molar-refractivity contribution is 0.682. The molecule has 23 heavy (non-hydrogen) atoms. The van der Waals surface area contributed by atoms with Crippen molar-refractivity contribution in [3.8, 4) is 0 Å².